The van der Waals surface area contributed by atoms with Gasteiger partial charge in [0.1, 0.15) is 17.9 Å². The summed E-state index contributed by atoms with van der Waals surface area (Å²) in [6, 6.07) is 4.76. The zero-order chi connectivity index (χ0) is 18.6. The fraction of sp³-hybridized carbons (Fsp3) is 0.471. The van der Waals surface area contributed by atoms with Crippen molar-refractivity contribution in [1.29, 1.82) is 0 Å². The first-order valence-corrected chi connectivity index (χ1v) is 8.18. The normalized spacial score (nSPS) is 21.2. The quantitative estimate of drug-likeness (QED) is 0.632. The second-order valence-electron chi connectivity index (χ2n) is 6.22. The summed E-state index contributed by atoms with van der Waals surface area (Å²) in [7, 11) is 0. The van der Waals surface area contributed by atoms with Crippen LogP contribution in [0.3, 0.4) is 0 Å². The second-order valence-corrected chi connectivity index (χ2v) is 6.22. The van der Waals surface area contributed by atoms with Gasteiger partial charge in [-0.2, -0.15) is 0 Å². The first kappa shape index (κ1) is 18.9. The third kappa shape index (κ3) is 4.14. The number of urea groups is 1. The summed E-state index contributed by atoms with van der Waals surface area (Å²) in [5.41, 5.74) is -0.863. The number of halogens is 1. The highest BCUT2D eigenvalue weighted by Crippen LogP contribution is 2.28. The highest BCUT2D eigenvalue weighted by molar-refractivity contribution is 6.09. The molecule has 0 aliphatic carbocycles. The fourth-order valence-corrected chi connectivity index (χ4v) is 2.71. The van der Waals surface area contributed by atoms with Crippen molar-refractivity contribution in [1.82, 2.24) is 20.9 Å². The first-order chi connectivity index (χ1) is 11.8. The smallest absolute Gasteiger partial charge is 0.325 e. The zero-order valence-electron chi connectivity index (χ0n) is 14.6. The fourth-order valence-electron chi connectivity index (χ4n) is 2.71. The summed E-state index contributed by atoms with van der Waals surface area (Å²) in [5.74, 6) is -1.40. The van der Waals surface area contributed by atoms with Gasteiger partial charge in [0, 0.05) is 12.6 Å². The van der Waals surface area contributed by atoms with E-state index < -0.39 is 29.2 Å². The minimum atomic E-state index is -1.32. The van der Waals surface area contributed by atoms with Crippen molar-refractivity contribution >= 4 is 17.8 Å². The molecular formula is C17H23FN4O3. The number of rotatable bonds is 7. The Morgan fingerprint density at radius 2 is 1.96 bits per heavy atom. The van der Waals surface area contributed by atoms with E-state index in [0.29, 0.717) is 12.1 Å². The maximum atomic E-state index is 13.1. The monoisotopic (exact) mass is 350 g/mol. The van der Waals surface area contributed by atoms with E-state index in [1.54, 1.807) is 0 Å². The van der Waals surface area contributed by atoms with Crippen LogP contribution < -0.4 is 16.0 Å². The largest absolute Gasteiger partial charge is 0.353 e. The first-order valence-electron chi connectivity index (χ1n) is 8.18. The molecule has 3 N–H and O–H groups in total. The van der Waals surface area contributed by atoms with Crippen molar-refractivity contribution in [2.75, 3.05) is 19.6 Å². The molecule has 0 saturated carbocycles. The van der Waals surface area contributed by atoms with Crippen molar-refractivity contribution in [2.45, 2.75) is 32.4 Å². The molecule has 25 heavy (non-hydrogen) atoms. The van der Waals surface area contributed by atoms with Crippen molar-refractivity contribution in [3.05, 3.63) is 35.6 Å². The van der Waals surface area contributed by atoms with Gasteiger partial charge in [-0.3, -0.25) is 14.5 Å². The topological polar surface area (TPSA) is 90.5 Å². The van der Waals surface area contributed by atoms with E-state index in [2.05, 4.69) is 16.0 Å². The molecule has 2 rings (SSSR count). The Morgan fingerprint density at radius 3 is 2.56 bits per heavy atom. The summed E-state index contributed by atoms with van der Waals surface area (Å²) < 4.78 is 13.1. The number of benzene rings is 1. The molecule has 1 aromatic carbocycles. The van der Waals surface area contributed by atoms with E-state index in [4.69, 9.17) is 0 Å². The molecule has 0 aromatic heterocycles. The molecule has 0 spiro atoms. The number of amides is 4. The molecule has 1 saturated heterocycles. The Kier molecular flexibility index (Phi) is 5.73. The SMILES string of the molecule is CCN[C@H](C)CNC(=O)CN1C(=O)NC(C)(c2ccc(F)cc2)C1=O. The second kappa shape index (κ2) is 7.60. The molecule has 1 aliphatic rings. The Hall–Kier alpha value is -2.48. The molecule has 2 atom stereocenters. The molecular weight excluding hydrogens is 327 g/mol. The molecule has 0 radical (unpaired) electrons. The van der Waals surface area contributed by atoms with Crippen LogP contribution >= 0.6 is 0 Å². The lowest BCUT2D eigenvalue weighted by Gasteiger charge is -2.22. The standard InChI is InChI=1S/C17H23FN4O3/c1-4-19-11(2)9-20-14(23)10-22-15(24)17(3,21-16(22)25)12-5-7-13(18)8-6-12/h5-8,11,19H,4,9-10H2,1-3H3,(H,20,23)(H,21,25)/t11-,17?/m1/s1. The molecule has 1 aromatic rings. The van der Waals surface area contributed by atoms with Crippen LogP contribution in [-0.2, 0) is 15.1 Å². The Morgan fingerprint density at radius 1 is 1.32 bits per heavy atom. The summed E-state index contributed by atoms with van der Waals surface area (Å²) >= 11 is 0. The molecule has 1 heterocycles. The van der Waals surface area contributed by atoms with Gasteiger partial charge in [-0.1, -0.05) is 19.1 Å². The van der Waals surface area contributed by atoms with Crippen LogP contribution in [0.15, 0.2) is 24.3 Å². The van der Waals surface area contributed by atoms with E-state index in [9.17, 15) is 18.8 Å². The van der Waals surface area contributed by atoms with Gasteiger partial charge in [-0.05, 0) is 38.1 Å². The predicted octanol–water partition coefficient (Wildman–Crippen LogP) is 0.707. The lowest BCUT2D eigenvalue weighted by molar-refractivity contribution is -0.134. The van der Waals surface area contributed by atoms with Gasteiger partial charge >= 0.3 is 6.03 Å². The molecule has 4 amide bonds. The van der Waals surface area contributed by atoms with Gasteiger partial charge in [-0.15, -0.1) is 0 Å². The lowest BCUT2D eigenvalue weighted by atomic mass is 9.92. The highest BCUT2D eigenvalue weighted by atomic mass is 19.1. The average Bonchev–Trinajstić information content (AvgIpc) is 2.78. The summed E-state index contributed by atoms with van der Waals surface area (Å²) in [6.45, 7) is 6.22. The van der Waals surface area contributed by atoms with Gasteiger partial charge in [0.2, 0.25) is 5.91 Å². The number of hydrogen-bond donors (Lipinski definition) is 3. The number of likely N-dealkylation sites (N-methyl/N-ethyl adjacent to an activating group) is 1. The summed E-state index contributed by atoms with van der Waals surface area (Å²) in [5, 5.41) is 8.41. The molecule has 7 nitrogen and oxygen atoms in total. The van der Waals surface area contributed by atoms with Crippen LogP contribution in [0, 0.1) is 5.82 Å². The van der Waals surface area contributed by atoms with Crippen LogP contribution in [-0.4, -0.2) is 48.4 Å². The van der Waals surface area contributed by atoms with Gasteiger partial charge in [0.15, 0.2) is 0 Å². The van der Waals surface area contributed by atoms with Crippen molar-refractivity contribution < 1.29 is 18.8 Å². The van der Waals surface area contributed by atoms with E-state index in [1.165, 1.54) is 31.2 Å². The van der Waals surface area contributed by atoms with E-state index in [0.717, 1.165) is 11.4 Å². The molecule has 1 unspecified atom stereocenters. The molecule has 1 fully saturated rings. The highest BCUT2D eigenvalue weighted by Gasteiger charge is 2.49. The Balaban J connectivity index is 2.03. The third-order valence-corrected chi connectivity index (χ3v) is 4.16. The molecule has 8 heteroatoms. The molecule has 136 valence electrons. The Bertz CT molecular complexity index is 664. The molecule has 1 aliphatic heterocycles. The molecule has 0 bridgehead atoms. The van der Waals surface area contributed by atoms with E-state index in [1.807, 2.05) is 13.8 Å². The predicted molar refractivity (Wildman–Crippen MR) is 90.1 cm³/mol. The summed E-state index contributed by atoms with van der Waals surface area (Å²) in [4.78, 5) is 37.7. The van der Waals surface area contributed by atoms with E-state index in [-0.39, 0.29) is 12.6 Å². The number of hydrogen-bond acceptors (Lipinski definition) is 4. The van der Waals surface area contributed by atoms with Crippen LogP contribution in [0.25, 0.3) is 0 Å². The van der Waals surface area contributed by atoms with Crippen molar-refractivity contribution in [2.24, 2.45) is 0 Å². The average molecular weight is 350 g/mol. The zero-order valence-corrected chi connectivity index (χ0v) is 14.6. The number of imide groups is 1. The van der Waals surface area contributed by atoms with E-state index >= 15 is 0 Å². The van der Waals surface area contributed by atoms with Crippen molar-refractivity contribution in [3.8, 4) is 0 Å². The minimum absolute atomic E-state index is 0.0848. The maximum Gasteiger partial charge on any atom is 0.325 e. The van der Waals surface area contributed by atoms with Crippen LogP contribution in [0.5, 0.6) is 0 Å². The number of carbonyl (C=O) groups excluding carboxylic acids is 3. The van der Waals surface area contributed by atoms with Crippen molar-refractivity contribution in [3.63, 3.8) is 0 Å². The van der Waals surface area contributed by atoms with Gasteiger partial charge < -0.3 is 16.0 Å². The number of nitrogens with zero attached hydrogens (tertiary/aromatic N) is 1. The van der Waals surface area contributed by atoms with Crippen LogP contribution in [0.2, 0.25) is 0 Å². The van der Waals surface area contributed by atoms with Gasteiger partial charge in [0.25, 0.3) is 5.91 Å². The number of carbonyl (C=O) groups is 3. The lowest BCUT2D eigenvalue weighted by Crippen LogP contribution is -2.45. The number of nitrogens with one attached hydrogen (secondary N) is 3. The van der Waals surface area contributed by atoms with Gasteiger partial charge in [0.05, 0.1) is 0 Å². The van der Waals surface area contributed by atoms with Gasteiger partial charge in [-0.25, -0.2) is 9.18 Å². The minimum Gasteiger partial charge on any atom is -0.353 e. The Labute approximate surface area is 145 Å². The summed E-state index contributed by atoms with van der Waals surface area (Å²) in [6.07, 6.45) is 0. The third-order valence-electron chi connectivity index (χ3n) is 4.16. The maximum absolute atomic E-state index is 13.1. The van der Waals surface area contributed by atoms with Crippen LogP contribution in [0.1, 0.15) is 26.3 Å². The van der Waals surface area contributed by atoms with Crippen LogP contribution in [0.4, 0.5) is 9.18 Å².